The summed E-state index contributed by atoms with van der Waals surface area (Å²) in [6.07, 6.45) is 11.2. The first kappa shape index (κ1) is 17.8. The summed E-state index contributed by atoms with van der Waals surface area (Å²) in [7, 11) is 0. The summed E-state index contributed by atoms with van der Waals surface area (Å²) in [6.45, 7) is 5.01. The average Bonchev–Trinajstić information content (AvgIpc) is 2.83. The molecular formula is C18H29NO2. The Balaban J connectivity index is 2.41. The Bertz CT molecular complexity index is 392. The topological polar surface area (TPSA) is 40.5 Å². The van der Waals surface area contributed by atoms with E-state index in [4.69, 9.17) is 0 Å². The molecule has 0 radical (unpaired) electrons. The van der Waals surface area contributed by atoms with Gasteiger partial charge in [-0.05, 0) is 18.9 Å². The van der Waals surface area contributed by atoms with E-state index in [-0.39, 0.29) is 11.9 Å². The standard InChI is InChI=1S/C18H29NO2/c1-3-5-7-8-9-15-19-16(12-14-18(19)21)11-13-17(20)10-6-4-2/h11,13,16-17,20H,3-5,7-9,12,14-15H2,1-2H3/b13-11+/t16-,17+/m0/s1. The van der Waals surface area contributed by atoms with Crippen LogP contribution in [0.3, 0.4) is 0 Å². The summed E-state index contributed by atoms with van der Waals surface area (Å²) in [5.41, 5.74) is 0. The quantitative estimate of drug-likeness (QED) is 0.423. The van der Waals surface area contributed by atoms with Gasteiger partial charge in [-0.15, -0.1) is 5.92 Å². The summed E-state index contributed by atoms with van der Waals surface area (Å²) < 4.78 is 0. The molecule has 0 saturated carbocycles. The summed E-state index contributed by atoms with van der Waals surface area (Å²) in [6, 6.07) is 0.141. The molecule has 0 bridgehead atoms. The summed E-state index contributed by atoms with van der Waals surface area (Å²) in [5.74, 6) is 5.87. The maximum absolute atomic E-state index is 11.9. The summed E-state index contributed by atoms with van der Waals surface area (Å²) in [4.78, 5) is 13.9. The van der Waals surface area contributed by atoms with Gasteiger partial charge in [0.2, 0.25) is 5.91 Å². The number of nitrogens with zero attached hydrogens (tertiary/aromatic N) is 1. The molecule has 2 atom stereocenters. The molecule has 0 spiro atoms. The number of carbonyl (C=O) groups is 1. The van der Waals surface area contributed by atoms with Gasteiger partial charge in [0.05, 0.1) is 6.04 Å². The van der Waals surface area contributed by atoms with Crippen molar-refractivity contribution in [3.05, 3.63) is 12.2 Å². The third-order valence-electron chi connectivity index (χ3n) is 3.82. The van der Waals surface area contributed by atoms with Crippen LogP contribution in [-0.2, 0) is 4.79 Å². The lowest BCUT2D eigenvalue weighted by Crippen LogP contribution is -2.32. The zero-order valence-corrected chi connectivity index (χ0v) is 13.5. The zero-order valence-electron chi connectivity index (χ0n) is 13.5. The number of rotatable bonds is 8. The Hall–Kier alpha value is -1.27. The second kappa shape index (κ2) is 10.5. The Morgan fingerprint density at radius 3 is 2.81 bits per heavy atom. The first-order valence-electron chi connectivity index (χ1n) is 8.33. The van der Waals surface area contributed by atoms with E-state index in [1.165, 1.54) is 25.7 Å². The van der Waals surface area contributed by atoms with Crippen LogP contribution in [0, 0.1) is 11.8 Å². The monoisotopic (exact) mass is 291 g/mol. The SMILES string of the molecule is CCC#C[C@@H](O)/C=C/[C@H]1CCC(=O)N1CCCCCCC. The molecule has 1 rings (SSSR count). The fourth-order valence-electron chi connectivity index (χ4n) is 2.62. The number of aliphatic hydroxyl groups excluding tert-OH is 1. The lowest BCUT2D eigenvalue weighted by Gasteiger charge is -2.22. The Kier molecular flexibility index (Phi) is 8.85. The predicted octanol–water partition coefficient (Wildman–Crippen LogP) is 3.28. The predicted molar refractivity (Wildman–Crippen MR) is 86.7 cm³/mol. The molecule has 21 heavy (non-hydrogen) atoms. The smallest absolute Gasteiger partial charge is 0.223 e. The van der Waals surface area contributed by atoms with Gasteiger partial charge in [-0.25, -0.2) is 0 Å². The van der Waals surface area contributed by atoms with Gasteiger partial charge in [-0.3, -0.25) is 4.79 Å². The maximum atomic E-state index is 11.9. The number of likely N-dealkylation sites (tertiary alicyclic amines) is 1. The molecule has 3 nitrogen and oxygen atoms in total. The van der Waals surface area contributed by atoms with Crippen molar-refractivity contribution in [2.24, 2.45) is 0 Å². The van der Waals surface area contributed by atoms with E-state index in [2.05, 4.69) is 18.8 Å². The van der Waals surface area contributed by atoms with Crippen molar-refractivity contribution in [2.45, 2.75) is 77.4 Å². The second-order valence-corrected chi connectivity index (χ2v) is 5.61. The number of carbonyl (C=O) groups excluding carboxylic acids is 1. The lowest BCUT2D eigenvalue weighted by atomic mass is 10.1. The maximum Gasteiger partial charge on any atom is 0.223 e. The molecule has 1 amide bonds. The van der Waals surface area contributed by atoms with Gasteiger partial charge in [0.15, 0.2) is 0 Å². The van der Waals surface area contributed by atoms with Crippen molar-refractivity contribution in [2.75, 3.05) is 6.54 Å². The molecule has 0 aromatic heterocycles. The van der Waals surface area contributed by atoms with Crippen molar-refractivity contribution >= 4 is 5.91 Å². The van der Waals surface area contributed by atoms with Crippen LogP contribution in [0.25, 0.3) is 0 Å². The van der Waals surface area contributed by atoms with Crippen LogP contribution in [0.5, 0.6) is 0 Å². The molecule has 1 heterocycles. The highest BCUT2D eigenvalue weighted by Gasteiger charge is 2.28. The largest absolute Gasteiger partial charge is 0.377 e. The summed E-state index contributed by atoms with van der Waals surface area (Å²) in [5, 5.41) is 9.70. The van der Waals surface area contributed by atoms with E-state index in [9.17, 15) is 9.90 Å². The molecule has 0 aliphatic carbocycles. The van der Waals surface area contributed by atoms with Gasteiger partial charge in [0.1, 0.15) is 6.10 Å². The number of aliphatic hydroxyl groups is 1. The zero-order chi connectivity index (χ0) is 15.5. The Labute approximate surface area is 129 Å². The molecule has 3 heteroatoms. The van der Waals surface area contributed by atoms with Crippen LogP contribution < -0.4 is 0 Å². The van der Waals surface area contributed by atoms with E-state index < -0.39 is 6.10 Å². The van der Waals surface area contributed by atoms with Crippen LogP contribution in [-0.4, -0.2) is 34.6 Å². The molecule has 1 aliphatic rings. The molecule has 1 aliphatic heterocycles. The fraction of sp³-hybridized carbons (Fsp3) is 0.722. The van der Waals surface area contributed by atoms with Crippen molar-refractivity contribution in [1.29, 1.82) is 0 Å². The lowest BCUT2D eigenvalue weighted by molar-refractivity contribution is -0.128. The third kappa shape index (κ3) is 6.82. The van der Waals surface area contributed by atoms with E-state index in [1.54, 1.807) is 6.08 Å². The van der Waals surface area contributed by atoms with Gasteiger partial charge < -0.3 is 10.0 Å². The van der Waals surface area contributed by atoms with E-state index in [0.717, 1.165) is 25.8 Å². The van der Waals surface area contributed by atoms with Crippen molar-refractivity contribution in [3.63, 3.8) is 0 Å². The molecule has 0 aromatic carbocycles. The number of unbranched alkanes of at least 4 members (excludes halogenated alkanes) is 4. The minimum absolute atomic E-state index is 0.141. The Morgan fingerprint density at radius 1 is 1.33 bits per heavy atom. The normalized spacial score (nSPS) is 19.9. The molecule has 0 aromatic rings. The van der Waals surface area contributed by atoms with Crippen LogP contribution in [0.15, 0.2) is 12.2 Å². The average molecular weight is 291 g/mol. The van der Waals surface area contributed by atoms with Gasteiger partial charge in [0, 0.05) is 19.4 Å². The second-order valence-electron chi connectivity index (χ2n) is 5.61. The fourth-order valence-corrected chi connectivity index (χ4v) is 2.62. The van der Waals surface area contributed by atoms with Gasteiger partial charge in [-0.2, -0.15) is 0 Å². The molecule has 1 saturated heterocycles. The van der Waals surface area contributed by atoms with Crippen LogP contribution >= 0.6 is 0 Å². The number of hydrogen-bond donors (Lipinski definition) is 1. The van der Waals surface area contributed by atoms with Crippen molar-refractivity contribution < 1.29 is 9.90 Å². The van der Waals surface area contributed by atoms with Crippen molar-refractivity contribution in [1.82, 2.24) is 4.90 Å². The Morgan fingerprint density at radius 2 is 2.10 bits per heavy atom. The van der Waals surface area contributed by atoms with Gasteiger partial charge >= 0.3 is 0 Å². The highest BCUT2D eigenvalue weighted by molar-refractivity contribution is 5.79. The van der Waals surface area contributed by atoms with Crippen molar-refractivity contribution in [3.8, 4) is 11.8 Å². The molecule has 1 N–H and O–H groups in total. The number of amides is 1. The first-order valence-corrected chi connectivity index (χ1v) is 8.33. The highest BCUT2D eigenvalue weighted by atomic mass is 16.3. The minimum atomic E-state index is -0.716. The molecule has 1 fully saturated rings. The van der Waals surface area contributed by atoms with Crippen LogP contribution in [0.2, 0.25) is 0 Å². The highest BCUT2D eigenvalue weighted by Crippen LogP contribution is 2.21. The molecular weight excluding hydrogens is 262 g/mol. The van der Waals surface area contributed by atoms with Crippen LogP contribution in [0.4, 0.5) is 0 Å². The molecule has 118 valence electrons. The van der Waals surface area contributed by atoms with Gasteiger partial charge in [-0.1, -0.05) is 51.5 Å². The molecule has 0 unspecified atom stereocenters. The third-order valence-corrected chi connectivity index (χ3v) is 3.82. The van der Waals surface area contributed by atoms with E-state index >= 15 is 0 Å². The van der Waals surface area contributed by atoms with Crippen LogP contribution in [0.1, 0.15) is 65.2 Å². The van der Waals surface area contributed by atoms with Gasteiger partial charge in [0.25, 0.3) is 0 Å². The minimum Gasteiger partial charge on any atom is -0.377 e. The number of hydrogen-bond acceptors (Lipinski definition) is 2. The van der Waals surface area contributed by atoms with E-state index in [0.29, 0.717) is 6.42 Å². The first-order chi connectivity index (χ1) is 10.2. The summed E-state index contributed by atoms with van der Waals surface area (Å²) >= 11 is 0. The van der Waals surface area contributed by atoms with E-state index in [1.807, 2.05) is 17.9 Å².